The molecule has 0 bridgehead atoms. The second kappa shape index (κ2) is 18.5. The fraction of sp³-hybridized carbons (Fsp3) is 0.500. The van der Waals surface area contributed by atoms with E-state index in [0.29, 0.717) is 5.88 Å². The molecule has 1 aromatic carbocycles. The zero-order valence-electron chi connectivity index (χ0n) is 19.4. The number of hydrogen-bond donors (Lipinski definition) is 0. The van der Waals surface area contributed by atoms with Gasteiger partial charge in [0.2, 0.25) is 5.88 Å². The van der Waals surface area contributed by atoms with Gasteiger partial charge in [0, 0.05) is 0 Å². The first kappa shape index (κ1) is 40.4. The number of esters is 1. The first-order chi connectivity index (χ1) is 14.5. The van der Waals surface area contributed by atoms with Crippen molar-refractivity contribution >= 4 is 40.5 Å². The third-order valence-corrected chi connectivity index (χ3v) is 4.47. The van der Waals surface area contributed by atoms with Crippen LogP contribution in [0.1, 0.15) is 96.9 Å². The van der Waals surface area contributed by atoms with Gasteiger partial charge in [-0.05, 0) is 75.2 Å². The summed E-state index contributed by atoms with van der Waals surface area (Å²) in [7, 11) is 0. The van der Waals surface area contributed by atoms with Crippen molar-refractivity contribution in [1.82, 2.24) is 9.97 Å². The van der Waals surface area contributed by atoms with Crippen LogP contribution < -0.4 is 4.74 Å². The van der Waals surface area contributed by atoms with E-state index in [9.17, 15) is 4.79 Å². The number of ether oxygens (including phenoxy) is 2. The van der Waals surface area contributed by atoms with Gasteiger partial charge in [0.05, 0.1) is 23.1 Å². The summed E-state index contributed by atoms with van der Waals surface area (Å²) in [6.07, 6.45) is 4.05. The largest absolute Gasteiger partial charge is 0.473 e. The lowest BCUT2D eigenvalue weighted by atomic mass is 10.1. The van der Waals surface area contributed by atoms with Crippen LogP contribution in [0.15, 0.2) is 41.1 Å². The Labute approximate surface area is 226 Å². The minimum absolute atomic E-state index is 0. The van der Waals surface area contributed by atoms with E-state index in [1.165, 1.54) is 0 Å². The molecule has 206 valence electrons. The van der Waals surface area contributed by atoms with Crippen molar-refractivity contribution in [3.05, 3.63) is 52.3 Å². The topological polar surface area (TPSA) is 61.3 Å². The highest BCUT2D eigenvalue weighted by Gasteiger charge is 2.18. The van der Waals surface area contributed by atoms with Gasteiger partial charge in [-0.1, -0.05) is 69.2 Å². The molecule has 0 aliphatic carbocycles. The Bertz CT molecular complexity index is 1000. The number of fused-ring (bicyclic) bond motifs is 1. The van der Waals surface area contributed by atoms with E-state index < -0.39 is 0 Å². The van der Waals surface area contributed by atoms with Gasteiger partial charge in [0.1, 0.15) is 11.3 Å². The van der Waals surface area contributed by atoms with Crippen LogP contribution in [0.4, 0.5) is 0 Å². The molecule has 5 nitrogen and oxygen atoms in total. The Kier molecular flexibility index (Phi) is 20.8. The fourth-order valence-electron chi connectivity index (χ4n) is 2.38. The second-order valence-corrected chi connectivity index (χ2v) is 9.43. The summed E-state index contributed by atoms with van der Waals surface area (Å²) in [6, 6.07) is 9.90. The van der Waals surface area contributed by atoms with Gasteiger partial charge in [-0.3, -0.25) is 4.79 Å². The molecular weight excluding hydrogens is 468 g/mol. The second-order valence-electron chi connectivity index (χ2n) is 8.65. The SMILES string of the molecule is C.C.C.C.C.CC(C)C(=O)OC(C)(C)C.CC(C)Oc1nc2ccccc2nc1/C=C/c1ccsc1. The summed E-state index contributed by atoms with van der Waals surface area (Å²) < 4.78 is 10.9. The first-order valence-electron chi connectivity index (χ1n) is 10.4. The molecule has 0 spiro atoms. The van der Waals surface area contributed by atoms with E-state index in [1.807, 2.05) is 84.9 Å². The zero-order valence-corrected chi connectivity index (χ0v) is 20.2. The van der Waals surface area contributed by atoms with E-state index in [1.54, 1.807) is 11.3 Å². The quantitative estimate of drug-likeness (QED) is 0.313. The van der Waals surface area contributed by atoms with E-state index in [2.05, 4.69) is 26.8 Å². The summed E-state index contributed by atoms with van der Waals surface area (Å²) in [5.74, 6) is 0.418. The van der Waals surface area contributed by atoms with Crippen molar-refractivity contribution in [2.45, 2.75) is 97.3 Å². The number of carbonyl (C=O) groups excluding carboxylic acids is 1. The number of benzene rings is 1. The minimum atomic E-state index is -0.346. The number of nitrogens with zero attached hydrogens (tertiary/aromatic N) is 2. The number of carbonyl (C=O) groups is 1. The number of para-hydroxylation sites is 2. The maximum Gasteiger partial charge on any atom is 0.308 e. The number of hydrogen-bond acceptors (Lipinski definition) is 6. The van der Waals surface area contributed by atoms with E-state index in [-0.39, 0.29) is 60.7 Å². The molecule has 0 unspecified atom stereocenters. The highest BCUT2D eigenvalue weighted by molar-refractivity contribution is 7.08. The number of aromatic nitrogens is 2. The predicted octanol–water partition coefficient (Wildman–Crippen LogP) is 9.81. The number of rotatable bonds is 5. The molecule has 2 heterocycles. The third-order valence-electron chi connectivity index (χ3n) is 3.77. The molecule has 0 atom stereocenters. The Hall–Kier alpha value is -2.73. The molecule has 0 aliphatic heterocycles. The Morgan fingerprint density at radius 1 is 0.889 bits per heavy atom. The molecule has 0 saturated heterocycles. The van der Waals surface area contributed by atoms with E-state index in [0.717, 1.165) is 22.3 Å². The summed E-state index contributed by atoms with van der Waals surface area (Å²) in [4.78, 5) is 20.2. The van der Waals surface area contributed by atoms with E-state index in [4.69, 9.17) is 9.47 Å². The lowest BCUT2D eigenvalue weighted by molar-refractivity contribution is -0.158. The van der Waals surface area contributed by atoms with Crippen LogP contribution in [0, 0.1) is 5.92 Å². The lowest BCUT2D eigenvalue weighted by Gasteiger charge is -2.20. The van der Waals surface area contributed by atoms with Crippen LogP contribution in [0.3, 0.4) is 0 Å². The Morgan fingerprint density at radius 2 is 1.44 bits per heavy atom. The highest BCUT2D eigenvalue weighted by Crippen LogP contribution is 2.22. The summed E-state index contributed by atoms with van der Waals surface area (Å²) in [5.41, 5.74) is 3.29. The van der Waals surface area contributed by atoms with Crippen molar-refractivity contribution in [3.63, 3.8) is 0 Å². The third kappa shape index (κ3) is 14.0. The Balaban J connectivity index is -0.000000301. The van der Waals surface area contributed by atoms with E-state index >= 15 is 0 Å². The van der Waals surface area contributed by atoms with Crippen LogP contribution in [0.5, 0.6) is 5.88 Å². The molecule has 0 saturated carbocycles. The molecule has 2 aromatic heterocycles. The van der Waals surface area contributed by atoms with Gasteiger partial charge in [-0.2, -0.15) is 11.3 Å². The summed E-state index contributed by atoms with van der Waals surface area (Å²) in [6.45, 7) is 13.2. The summed E-state index contributed by atoms with van der Waals surface area (Å²) in [5, 5.41) is 4.14. The van der Waals surface area contributed by atoms with Crippen LogP contribution >= 0.6 is 11.3 Å². The molecule has 0 fully saturated rings. The van der Waals surface area contributed by atoms with Crippen LogP contribution in [0.2, 0.25) is 0 Å². The molecule has 6 heteroatoms. The van der Waals surface area contributed by atoms with Crippen molar-refractivity contribution in [2.75, 3.05) is 0 Å². The van der Waals surface area contributed by atoms with Crippen LogP contribution in [0.25, 0.3) is 23.2 Å². The van der Waals surface area contributed by atoms with Gasteiger partial charge in [0.15, 0.2) is 0 Å². The maximum atomic E-state index is 10.9. The molecule has 0 aliphatic rings. The molecule has 3 aromatic rings. The highest BCUT2D eigenvalue weighted by atomic mass is 32.1. The number of thiophene rings is 1. The van der Waals surface area contributed by atoms with Crippen molar-refractivity contribution < 1.29 is 14.3 Å². The zero-order chi connectivity index (χ0) is 23.0. The smallest absolute Gasteiger partial charge is 0.308 e. The minimum Gasteiger partial charge on any atom is -0.473 e. The van der Waals surface area contributed by atoms with Crippen LogP contribution in [-0.2, 0) is 9.53 Å². The molecular formula is C30H52N2O3S. The van der Waals surface area contributed by atoms with Gasteiger partial charge < -0.3 is 9.47 Å². The normalized spacial score (nSPS) is 10.0. The molecule has 0 amide bonds. The van der Waals surface area contributed by atoms with Gasteiger partial charge >= 0.3 is 5.97 Å². The standard InChI is InChI=1S/C17H16N2OS.C8H16O2.5CH4/c1-12(2)20-17-16(8-7-13-9-10-21-11-13)18-14-5-3-4-6-15(14)19-17;1-6(2)7(9)10-8(3,4)5;;;;;/h3-12H,1-2H3;6H,1-5H3;5*1H4/b8-7+;;;;;;. The Morgan fingerprint density at radius 3 is 1.86 bits per heavy atom. The molecule has 0 radical (unpaired) electrons. The van der Waals surface area contributed by atoms with Crippen LogP contribution in [-0.4, -0.2) is 27.6 Å². The molecule has 36 heavy (non-hydrogen) atoms. The summed E-state index contributed by atoms with van der Waals surface area (Å²) >= 11 is 1.67. The predicted molar refractivity (Wildman–Crippen MR) is 163 cm³/mol. The van der Waals surface area contributed by atoms with Gasteiger partial charge in [-0.15, -0.1) is 0 Å². The fourth-order valence-corrected chi connectivity index (χ4v) is 3.01. The van der Waals surface area contributed by atoms with Gasteiger partial charge in [0.25, 0.3) is 0 Å². The van der Waals surface area contributed by atoms with Crippen molar-refractivity contribution in [1.29, 1.82) is 0 Å². The van der Waals surface area contributed by atoms with Crippen molar-refractivity contribution in [3.8, 4) is 5.88 Å². The monoisotopic (exact) mass is 520 g/mol. The average molecular weight is 521 g/mol. The first-order valence-corrected chi connectivity index (χ1v) is 11.4. The maximum absolute atomic E-state index is 10.9. The molecule has 3 rings (SSSR count). The van der Waals surface area contributed by atoms with Crippen molar-refractivity contribution in [2.24, 2.45) is 5.92 Å². The average Bonchev–Trinajstić information content (AvgIpc) is 3.18. The lowest BCUT2D eigenvalue weighted by Crippen LogP contribution is -2.26. The molecule has 0 N–H and O–H groups in total. The van der Waals surface area contributed by atoms with Gasteiger partial charge in [-0.25, -0.2) is 9.97 Å².